The van der Waals surface area contributed by atoms with E-state index < -0.39 is 0 Å². The van der Waals surface area contributed by atoms with E-state index in [1.165, 1.54) is 11.3 Å². The summed E-state index contributed by atoms with van der Waals surface area (Å²) in [6.45, 7) is 1.02. The van der Waals surface area contributed by atoms with Gasteiger partial charge in [0.2, 0.25) is 0 Å². The van der Waals surface area contributed by atoms with Crippen LogP contribution < -0.4 is 10.6 Å². The molecule has 0 saturated heterocycles. The van der Waals surface area contributed by atoms with Gasteiger partial charge >= 0.3 is 0 Å². The molecule has 1 aliphatic rings. The predicted molar refractivity (Wildman–Crippen MR) is 91.6 cm³/mol. The van der Waals surface area contributed by atoms with Gasteiger partial charge in [0.25, 0.3) is 5.91 Å². The smallest absolute Gasteiger partial charge is 0.272 e. The first-order valence-corrected chi connectivity index (χ1v) is 7.43. The SMILES string of the molecule is Cl.Cn1cc(Br)cc1C(=O)Nc1ccc2c(c1)CCCN2. The number of fused-ring (bicyclic) bond motifs is 1. The summed E-state index contributed by atoms with van der Waals surface area (Å²) in [6.07, 6.45) is 4.06. The maximum absolute atomic E-state index is 12.2. The number of halogens is 2. The van der Waals surface area contributed by atoms with Gasteiger partial charge < -0.3 is 15.2 Å². The highest BCUT2D eigenvalue weighted by Crippen LogP contribution is 2.25. The van der Waals surface area contributed by atoms with E-state index in [1.807, 2.05) is 31.4 Å². The van der Waals surface area contributed by atoms with Crippen LogP contribution in [0.1, 0.15) is 22.5 Å². The van der Waals surface area contributed by atoms with Gasteiger partial charge in [-0.1, -0.05) is 0 Å². The molecule has 0 spiro atoms. The van der Waals surface area contributed by atoms with E-state index in [0.717, 1.165) is 29.5 Å². The van der Waals surface area contributed by atoms with Crippen molar-refractivity contribution < 1.29 is 4.79 Å². The van der Waals surface area contributed by atoms with Gasteiger partial charge in [-0.05, 0) is 58.6 Å². The highest BCUT2D eigenvalue weighted by molar-refractivity contribution is 9.10. The molecule has 0 radical (unpaired) electrons. The summed E-state index contributed by atoms with van der Waals surface area (Å²) >= 11 is 3.38. The Labute approximate surface area is 138 Å². The first kappa shape index (κ1) is 15.9. The van der Waals surface area contributed by atoms with Gasteiger partial charge in [-0.3, -0.25) is 4.79 Å². The van der Waals surface area contributed by atoms with Crippen molar-refractivity contribution in [2.24, 2.45) is 7.05 Å². The van der Waals surface area contributed by atoms with E-state index in [2.05, 4.69) is 32.6 Å². The van der Waals surface area contributed by atoms with Crippen molar-refractivity contribution in [1.82, 2.24) is 4.57 Å². The summed E-state index contributed by atoms with van der Waals surface area (Å²) in [6, 6.07) is 7.84. The Morgan fingerprint density at radius 1 is 1.38 bits per heavy atom. The van der Waals surface area contributed by atoms with Gasteiger partial charge in [-0.25, -0.2) is 0 Å². The molecular weight excluding hydrogens is 354 g/mol. The number of hydrogen-bond donors (Lipinski definition) is 2. The van der Waals surface area contributed by atoms with Gasteiger partial charge in [0.05, 0.1) is 0 Å². The van der Waals surface area contributed by atoms with Gasteiger partial charge in [-0.2, -0.15) is 0 Å². The highest BCUT2D eigenvalue weighted by atomic mass is 79.9. The lowest BCUT2D eigenvalue weighted by atomic mass is 10.0. The fourth-order valence-electron chi connectivity index (χ4n) is 2.50. The fraction of sp³-hybridized carbons (Fsp3) is 0.267. The standard InChI is InChI=1S/C15H16BrN3O.ClH/c1-19-9-11(16)8-14(19)15(20)18-12-4-5-13-10(7-12)3-2-6-17-13;/h4-5,7-9,17H,2-3,6H2,1H3,(H,18,20);1H. The predicted octanol–water partition coefficient (Wildman–Crippen LogP) is 3.82. The topological polar surface area (TPSA) is 46.1 Å². The molecular formula is C15H17BrClN3O. The summed E-state index contributed by atoms with van der Waals surface area (Å²) in [7, 11) is 1.86. The maximum Gasteiger partial charge on any atom is 0.272 e. The lowest BCUT2D eigenvalue weighted by Crippen LogP contribution is -2.16. The van der Waals surface area contributed by atoms with Crippen molar-refractivity contribution in [2.45, 2.75) is 12.8 Å². The Balaban J connectivity index is 0.00000161. The molecule has 6 heteroatoms. The first-order valence-electron chi connectivity index (χ1n) is 6.63. The van der Waals surface area contributed by atoms with E-state index in [4.69, 9.17) is 0 Å². The van der Waals surface area contributed by atoms with Crippen molar-refractivity contribution in [3.8, 4) is 0 Å². The molecule has 3 rings (SSSR count). The number of aromatic nitrogens is 1. The summed E-state index contributed by atoms with van der Waals surface area (Å²) in [5.74, 6) is -0.0954. The molecule has 0 unspecified atom stereocenters. The van der Waals surface area contributed by atoms with Gasteiger partial charge in [0, 0.05) is 35.6 Å². The van der Waals surface area contributed by atoms with Crippen LogP contribution in [-0.2, 0) is 13.5 Å². The minimum absolute atomic E-state index is 0. The summed E-state index contributed by atoms with van der Waals surface area (Å²) in [5, 5.41) is 6.32. The van der Waals surface area contributed by atoms with Crippen molar-refractivity contribution in [2.75, 3.05) is 17.2 Å². The molecule has 4 nitrogen and oxygen atoms in total. The Kier molecular flexibility index (Phi) is 4.96. The number of carbonyl (C=O) groups is 1. The Bertz CT molecular complexity index is 669. The molecule has 0 bridgehead atoms. The monoisotopic (exact) mass is 369 g/mol. The molecule has 1 aromatic heterocycles. The minimum atomic E-state index is -0.0954. The molecule has 2 heterocycles. The average molecular weight is 371 g/mol. The van der Waals surface area contributed by atoms with Crippen molar-refractivity contribution in [1.29, 1.82) is 0 Å². The Hall–Kier alpha value is -1.46. The molecule has 1 aromatic carbocycles. The molecule has 0 aliphatic carbocycles. The van der Waals surface area contributed by atoms with Crippen LogP contribution in [0.2, 0.25) is 0 Å². The first-order chi connectivity index (χ1) is 9.63. The summed E-state index contributed by atoms with van der Waals surface area (Å²) in [5.41, 5.74) is 3.92. The minimum Gasteiger partial charge on any atom is -0.385 e. The van der Waals surface area contributed by atoms with Crippen LogP contribution in [0, 0.1) is 0 Å². The quantitative estimate of drug-likeness (QED) is 0.844. The summed E-state index contributed by atoms with van der Waals surface area (Å²) < 4.78 is 2.71. The van der Waals surface area contributed by atoms with Crippen molar-refractivity contribution in [3.05, 3.63) is 46.2 Å². The molecule has 1 amide bonds. The lowest BCUT2D eigenvalue weighted by molar-refractivity contribution is 0.101. The van der Waals surface area contributed by atoms with Crippen LogP contribution in [0.15, 0.2) is 34.9 Å². The number of rotatable bonds is 2. The van der Waals surface area contributed by atoms with E-state index in [0.29, 0.717) is 5.69 Å². The van der Waals surface area contributed by atoms with Gasteiger partial charge in [0.15, 0.2) is 0 Å². The highest BCUT2D eigenvalue weighted by Gasteiger charge is 2.13. The normalized spacial score (nSPS) is 12.9. The second kappa shape index (κ2) is 6.54. The lowest BCUT2D eigenvalue weighted by Gasteiger charge is -2.18. The Morgan fingerprint density at radius 2 is 2.19 bits per heavy atom. The molecule has 1 aliphatic heterocycles. The number of anilines is 2. The zero-order chi connectivity index (χ0) is 14.1. The van der Waals surface area contributed by atoms with E-state index in [1.54, 1.807) is 4.57 Å². The molecule has 21 heavy (non-hydrogen) atoms. The molecule has 0 atom stereocenters. The van der Waals surface area contributed by atoms with Crippen LogP contribution in [0.3, 0.4) is 0 Å². The number of hydrogen-bond acceptors (Lipinski definition) is 2. The van der Waals surface area contributed by atoms with Crippen LogP contribution in [-0.4, -0.2) is 17.0 Å². The molecule has 0 fully saturated rings. The van der Waals surface area contributed by atoms with Crippen LogP contribution in [0.25, 0.3) is 0 Å². The van der Waals surface area contributed by atoms with E-state index in [9.17, 15) is 4.79 Å². The zero-order valence-corrected chi connectivity index (χ0v) is 14.1. The molecule has 112 valence electrons. The third-order valence-corrected chi connectivity index (χ3v) is 3.94. The van der Waals surface area contributed by atoms with Crippen LogP contribution >= 0.6 is 28.3 Å². The van der Waals surface area contributed by atoms with Crippen molar-refractivity contribution in [3.63, 3.8) is 0 Å². The Morgan fingerprint density at radius 3 is 2.90 bits per heavy atom. The molecule has 2 aromatic rings. The number of nitrogens with zero attached hydrogens (tertiary/aromatic N) is 1. The fourth-order valence-corrected chi connectivity index (χ4v) is 3.02. The van der Waals surface area contributed by atoms with Crippen LogP contribution in [0.4, 0.5) is 11.4 Å². The second-order valence-corrected chi connectivity index (χ2v) is 5.93. The second-order valence-electron chi connectivity index (χ2n) is 5.01. The number of benzene rings is 1. The van der Waals surface area contributed by atoms with Crippen molar-refractivity contribution >= 4 is 45.6 Å². The number of amides is 1. The third-order valence-electron chi connectivity index (χ3n) is 3.51. The number of nitrogens with one attached hydrogen (secondary N) is 2. The number of aryl methyl sites for hydroxylation is 2. The summed E-state index contributed by atoms with van der Waals surface area (Å²) in [4.78, 5) is 12.2. The molecule has 2 N–H and O–H groups in total. The largest absolute Gasteiger partial charge is 0.385 e. The van der Waals surface area contributed by atoms with Gasteiger partial charge in [-0.15, -0.1) is 12.4 Å². The molecule has 0 saturated carbocycles. The average Bonchev–Trinajstić information content (AvgIpc) is 2.78. The zero-order valence-electron chi connectivity index (χ0n) is 11.6. The number of carbonyl (C=O) groups excluding carboxylic acids is 1. The maximum atomic E-state index is 12.2. The third kappa shape index (κ3) is 3.41. The van der Waals surface area contributed by atoms with Crippen LogP contribution in [0.5, 0.6) is 0 Å². The van der Waals surface area contributed by atoms with Gasteiger partial charge in [0.1, 0.15) is 5.69 Å². The van der Waals surface area contributed by atoms with E-state index in [-0.39, 0.29) is 18.3 Å². The van der Waals surface area contributed by atoms with E-state index >= 15 is 0 Å².